The van der Waals surface area contributed by atoms with E-state index in [1.54, 1.807) is 6.07 Å². The molecular formula is C13H19N3O4S. The van der Waals surface area contributed by atoms with Gasteiger partial charge in [0.1, 0.15) is 5.69 Å². The summed E-state index contributed by atoms with van der Waals surface area (Å²) in [5.74, 6) is 0. The summed E-state index contributed by atoms with van der Waals surface area (Å²) in [4.78, 5) is 12.8. The van der Waals surface area contributed by atoms with E-state index in [9.17, 15) is 18.5 Å². The molecule has 0 saturated carbocycles. The van der Waals surface area contributed by atoms with Crippen LogP contribution in [0.2, 0.25) is 0 Å². The van der Waals surface area contributed by atoms with Crippen LogP contribution in [-0.4, -0.2) is 45.3 Å². The second-order valence-electron chi connectivity index (χ2n) is 5.19. The molecule has 0 unspecified atom stereocenters. The quantitative estimate of drug-likeness (QED) is 0.626. The molecule has 0 spiro atoms. The number of rotatable bonds is 6. The van der Waals surface area contributed by atoms with Crippen molar-refractivity contribution >= 4 is 21.2 Å². The lowest BCUT2D eigenvalue weighted by atomic mass is 10.1. The zero-order valence-corrected chi connectivity index (χ0v) is 12.9. The van der Waals surface area contributed by atoms with Crippen molar-refractivity contribution in [3.05, 3.63) is 28.3 Å². The molecule has 0 aromatic heterocycles. The number of nitrogens with one attached hydrogen (secondary N) is 1. The molecule has 0 bridgehead atoms. The Hall–Kier alpha value is -1.67. The maximum absolute atomic E-state index is 11.6. The molecule has 7 nitrogen and oxygen atoms in total. The Balaban J connectivity index is 2.48. The largest absolute Gasteiger partial charge is 0.360 e. The van der Waals surface area contributed by atoms with Gasteiger partial charge in [-0.25, -0.2) is 8.42 Å². The molecule has 0 atom stereocenters. The topological polar surface area (TPSA) is 92.5 Å². The highest BCUT2D eigenvalue weighted by atomic mass is 32.2. The molecule has 0 aliphatic carbocycles. The Morgan fingerprint density at radius 3 is 2.52 bits per heavy atom. The molecule has 0 amide bonds. The highest BCUT2D eigenvalue weighted by Gasteiger charge is 2.29. The normalized spacial score (nSPS) is 15.5. The number of hydrogen-bond acceptors (Lipinski definition) is 6. The Morgan fingerprint density at radius 2 is 2.10 bits per heavy atom. The Morgan fingerprint density at radius 1 is 1.43 bits per heavy atom. The van der Waals surface area contributed by atoms with Crippen LogP contribution in [0.4, 0.5) is 11.4 Å². The first-order valence-corrected chi connectivity index (χ1v) is 8.69. The second-order valence-corrected chi connectivity index (χ2v) is 7.20. The fraction of sp³-hybridized carbons (Fsp3) is 0.538. The van der Waals surface area contributed by atoms with Crippen molar-refractivity contribution in [2.24, 2.45) is 0 Å². The van der Waals surface area contributed by atoms with Gasteiger partial charge < -0.3 is 10.2 Å². The minimum Gasteiger partial charge on any atom is -0.360 e. The lowest BCUT2D eigenvalue weighted by Crippen LogP contribution is -2.57. The van der Waals surface area contributed by atoms with Gasteiger partial charge in [0.2, 0.25) is 0 Å². The number of benzene rings is 1. The van der Waals surface area contributed by atoms with Crippen molar-refractivity contribution < 1.29 is 13.3 Å². The summed E-state index contributed by atoms with van der Waals surface area (Å²) in [5.41, 5.74) is 0.332. The zero-order valence-electron chi connectivity index (χ0n) is 12.1. The van der Waals surface area contributed by atoms with Gasteiger partial charge in [-0.2, -0.15) is 0 Å². The van der Waals surface area contributed by atoms with E-state index >= 15 is 0 Å². The molecule has 1 fully saturated rings. The van der Waals surface area contributed by atoms with Gasteiger partial charge >= 0.3 is 0 Å². The van der Waals surface area contributed by atoms with Gasteiger partial charge in [0.05, 0.1) is 15.9 Å². The Bertz CT molecular complexity index is 641. The second kappa shape index (κ2) is 5.98. The molecule has 116 valence electrons. The average molecular weight is 313 g/mol. The predicted molar refractivity (Wildman–Crippen MR) is 80.5 cm³/mol. The van der Waals surface area contributed by atoms with Gasteiger partial charge in [-0.15, -0.1) is 0 Å². The standard InChI is InChI=1S/C13H19N3O4S/c1-3-6-15(10-8-14-9-10)12-5-4-11(21(2,19)20)7-13(12)16(17)18/h4-5,7,10,14H,3,6,8-9H2,1-2H3. The first-order valence-electron chi connectivity index (χ1n) is 6.80. The van der Waals surface area contributed by atoms with Crippen LogP contribution in [0.15, 0.2) is 23.1 Å². The van der Waals surface area contributed by atoms with E-state index in [0.717, 1.165) is 31.8 Å². The van der Waals surface area contributed by atoms with Gasteiger partial charge in [0, 0.05) is 32.0 Å². The molecule has 8 heteroatoms. The number of nitro groups is 1. The maximum atomic E-state index is 11.6. The molecule has 1 N–H and O–H groups in total. The van der Waals surface area contributed by atoms with E-state index < -0.39 is 14.8 Å². The van der Waals surface area contributed by atoms with Gasteiger partial charge in [0.15, 0.2) is 9.84 Å². The Labute approximate surface area is 124 Å². The molecule has 21 heavy (non-hydrogen) atoms. The molecule has 1 heterocycles. The van der Waals surface area contributed by atoms with E-state index in [1.165, 1.54) is 6.07 Å². The number of nitrogens with zero attached hydrogens (tertiary/aromatic N) is 2. The van der Waals surface area contributed by atoms with E-state index in [1.807, 2.05) is 11.8 Å². The van der Waals surface area contributed by atoms with E-state index in [2.05, 4.69) is 5.32 Å². The van der Waals surface area contributed by atoms with Gasteiger partial charge in [-0.1, -0.05) is 6.92 Å². The van der Waals surface area contributed by atoms with Crippen LogP contribution in [0, 0.1) is 10.1 Å². The van der Waals surface area contributed by atoms with E-state index in [0.29, 0.717) is 12.2 Å². The number of nitro benzene ring substituents is 1. The molecular weight excluding hydrogens is 294 g/mol. The lowest BCUT2D eigenvalue weighted by Gasteiger charge is -2.39. The summed E-state index contributed by atoms with van der Waals surface area (Å²) in [6.07, 6.45) is 1.91. The maximum Gasteiger partial charge on any atom is 0.293 e. The molecule has 1 aromatic carbocycles. The number of hydrogen-bond donors (Lipinski definition) is 1. The summed E-state index contributed by atoms with van der Waals surface area (Å²) in [6.45, 7) is 4.27. The highest BCUT2D eigenvalue weighted by molar-refractivity contribution is 7.90. The summed E-state index contributed by atoms with van der Waals surface area (Å²) < 4.78 is 23.1. The predicted octanol–water partition coefficient (Wildman–Crippen LogP) is 1.19. The zero-order chi connectivity index (χ0) is 15.6. The smallest absolute Gasteiger partial charge is 0.293 e. The van der Waals surface area contributed by atoms with Crippen LogP contribution in [0.1, 0.15) is 13.3 Å². The molecule has 1 aliphatic rings. The Kier molecular flexibility index (Phi) is 4.48. The summed E-state index contributed by atoms with van der Waals surface area (Å²) in [6, 6.07) is 4.35. The van der Waals surface area contributed by atoms with Crippen molar-refractivity contribution in [2.75, 3.05) is 30.8 Å². The first kappa shape index (κ1) is 15.7. The molecule has 1 aliphatic heterocycles. The van der Waals surface area contributed by atoms with Crippen LogP contribution in [-0.2, 0) is 9.84 Å². The molecule has 2 rings (SSSR count). The highest BCUT2D eigenvalue weighted by Crippen LogP contribution is 2.32. The van der Waals surface area contributed by atoms with Crippen molar-refractivity contribution in [1.82, 2.24) is 5.32 Å². The van der Waals surface area contributed by atoms with Crippen molar-refractivity contribution in [2.45, 2.75) is 24.3 Å². The third-order valence-electron chi connectivity index (χ3n) is 3.55. The van der Waals surface area contributed by atoms with Gasteiger partial charge in [-0.05, 0) is 18.6 Å². The van der Waals surface area contributed by atoms with Crippen molar-refractivity contribution in [1.29, 1.82) is 0 Å². The molecule has 1 aromatic rings. The minimum atomic E-state index is -3.46. The number of anilines is 1. The lowest BCUT2D eigenvalue weighted by molar-refractivity contribution is -0.384. The third kappa shape index (κ3) is 3.33. The number of sulfone groups is 1. The molecule has 1 saturated heterocycles. The van der Waals surface area contributed by atoms with Gasteiger partial charge in [0.25, 0.3) is 5.69 Å². The minimum absolute atomic E-state index is 0.0267. The summed E-state index contributed by atoms with van der Waals surface area (Å²) in [5, 5.41) is 14.5. The first-order chi connectivity index (χ1) is 9.84. The third-order valence-corrected chi connectivity index (χ3v) is 4.66. The fourth-order valence-electron chi connectivity index (χ4n) is 2.36. The fourth-order valence-corrected chi connectivity index (χ4v) is 3.00. The van der Waals surface area contributed by atoms with Gasteiger partial charge in [-0.3, -0.25) is 10.1 Å². The van der Waals surface area contributed by atoms with Crippen LogP contribution < -0.4 is 10.2 Å². The van der Waals surface area contributed by atoms with Crippen LogP contribution in [0.3, 0.4) is 0 Å². The summed E-state index contributed by atoms with van der Waals surface area (Å²) in [7, 11) is -3.46. The monoisotopic (exact) mass is 313 g/mol. The average Bonchev–Trinajstić information content (AvgIpc) is 2.34. The van der Waals surface area contributed by atoms with Crippen LogP contribution in [0.5, 0.6) is 0 Å². The molecule has 0 radical (unpaired) electrons. The van der Waals surface area contributed by atoms with Crippen molar-refractivity contribution in [3.63, 3.8) is 0 Å². The van der Waals surface area contributed by atoms with Crippen LogP contribution in [0.25, 0.3) is 0 Å². The summed E-state index contributed by atoms with van der Waals surface area (Å²) >= 11 is 0. The van der Waals surface area contributed by atoms with E-state index in [4.69, 9.17) is 0 Å². The van der Waals surface area contributed by atoms with E-state index in [-0.39, 0.29) is 16.6 Å². The van der Waals surface area contributed by atoms with Crippen molar-refractivity contribution in [3.8, 4) is 0 Å². The van der Waals surface area contributed by atoms with Crippen LogP contribution >= 0.6 is 0 Å². The SMILES string of the molecule is CCCN(c1ccc(S(C)(=O)=O)cc1[N+](=O)[O-])C1CNC1.